The van der Waals surface area contributed by atoms with Crippen LogP contribution >= 0.6 is 0 Å². The number of hydrogen-bond acceptors (Lipinski definition) is 3. The maximum atomic E-state index is 12.0. The Hall–Kier alpha value is -1.10. The van der Waals surface area contributed by atoms with E-state index in [0.29, 0.717) is 19.4 Å². The number of carboxylic acids is 1. The summed E-state index contributed by atoms with van der Waals surface area (Å²) >= 11 is 0. The fourth-order valence-electron chi connectivity index (χ4n) is 2.78. The quantitative estimate of drug-likeness (QED) is 0.765. The third-order valence-electron chi connectivity index (χ3n) is 3.87. The number of carbonyl (C=O) groups excluding carboxylic acids is 1. The summed E-state index contributed by atoms with van der Waals surface area (Å²) in [6.07, 6.45) is 2.97. The highest BCUT2D eigenvalue weighted by molar-refractivity contribution is 5.85. The first-order valence-electron chi connectivity index (χ1n) is 6.24. The van der Waals surface area contributed by atoms with Crippen LogP contribution in [0.3, 0.4) is 0 Å². The highest BCUT2D eigenvalue weighted by Crippen LogP contribution is 2.32. The van der Waals surface area contributed by atoms with E-state index in [0.717, 1.165) is 12.8 Å². The molecule has 96 valence electrons. The highest BCUT2D eigenvalue weighted by Gasteiger charge is 2.39. The van der Waals surface area contributed by atoms with Gasteiger partial charge in [-0.25, -0.2) is 0 Å². The zero-order chi connectivity index (χ0) is 12.4. The minimum absolute atomic E-state index is 0.0311. The molecule has 2 aliphatic rings. The van der Waals surface area contributed by atoms with Gasteiger partial charge in [-0.15, -0.1) is 0 Å². The molecule has 2 N–H and O–H groups in total. The van der Waals surface area contributed by atoms with Gasteiger partial charge in [0.25, 0.3) is 0 Å². The van der Waals surface area contributed by atoms with Gasteiger partial charge in [-0.2, -0.15) is 0 Å². The molecule has 5 heteroatoms. The normalized spacial score (nSPS) is 37.0. The van der Waals surface area contributed by atoms with Crippen molar-refractivity contribution in [2.24, 2.45) is 11.8 Å². The number of aliphatic carboxylic acids is 1. The van der Waals surface area contributed by atoms with Gasteiger partial charge in [-0.05, 0) is 26.2 Å². The van der Waals surface area contributed by atoms with Crippen LogP contribution in [-0.4, -0.2) is 35.7 Å². The average molecular weight is 241 g/mol. The van der Waals surface area contributed by atoms with Crippen LogP contribution < -0.4 is 5.32 Å². The Bertz CT molecular complexity index is 318. The first-order chi connectivity index (χ1) is 8.09. The number of rotatable bonds is 3. The number of amides is 1. The molecule has 2 rings (SSSR count). The fraction of sp³-hybridized carbons (Fsp3) is 0.833. The van der Waals surface area contributed by atoms with E-state index in [4.69, 9.17) is 9.84 Å². The van der Waals surface area contributed by atoms with E-state index >= 15 is 0 Å². The maximum absolute atomic E-state index is 12.0. The van der Waals surface area contributed by atoms with Crippen molar-refractivity contribution in [2.45, 2.75) is 44.8 Å². The number of carbonyl (C=O) groups is 2. The molecule has 0 radical (unpaired) electrons. The van der Waals surface area contributed by atoms with Gasteiger partial charge in [0, 0.05) is 6.61 Å². The molecule has 5 nitrogen and oxygen atoms in total. The fourth-order valence-corrected chi connectivity index (χ4v) is 2.78. The molecule has 1 saturated carbocycles. The van der Waals surface area contributed by atoms with Gasteiger partial charge < -0.3 is 15.2 Å². The minimum Gasteiger partial charge on any atom is -0.481 e. The van der Waals surface area contributed by atoms with Crippen molar-refractivity contribution in [1.29, 1.82) is 0 Å². The van der Waals surface area contributed by atoms with E-state index in [1.807, 2.05) is 6.92 Å². The molecule has 4 atom stereocenters. The molecule has 1 amide bonds. The number of nitrogens with one attached hydrogen (secondary N) is 1. The van der Waals surface area contributed by atoms with E-state index in [9.17, 15) is 9.59 Å². The third-order valence-corrected chi connectivity index (χ3v) is 3.87. The molecule has 1 heterocycles. The van der Waals surface area contributed by atoms with Crippen molar-refractivity contribution in [2.75, 3.05) is 6.61 Å². The highest BCUT2D eigenvalue weighted by atomic mass is 16.5. The summed E-state index contributed by atoms with van der Waals surface area (Å²) < 4.78 is 5.37. The lowest BCUT2D eigenvalue weighted by molar-refractivity contribution is -0.146. The maximum Gasteiger partial charge on any atom is 0.307 e. The van der Waals surface area contributed by atoms with Gasteiger partial charge in [0.1, 0.15) is 0 Å². The molecule has 0 spiro atoms. The summed E-state index contributed by atoms with van der Waals surface area (Å²) in [6, 6.07) is 0.0394. The summed E-state index contributed by atoms with van der Waals surface area (Å²) in [6.45, 7) is 2.60. The van der Waals surface area contributed by atoms with Crippen molar-refractivity contribution >= 4 is 11.9 Å². The predicted octanol–water partition coefficient (Wildman–Crippen LogP) is 0.781. The summed E-state index contributed by atoms with van der Waals surface area (Å²) in [4.78, 5) is 23.0. The zero-order valence-corrected chi connectivity index (χ0v) is 10.0. The molecule has 2 unspecified atom stereocenters. The van der Waals surface area contributed by atoms with E-state index in [1.165, 1.54) is 0 Å². The summed E-state index contributed by atoms with van der Waals surface area (Å²) in [5.41, 5.74) is 0. The Balaban J connectivity index is 1.93. The molecule has 1 saturated heterocycles. The van der Waals surface area contributed by atoms with Crippen LogP contribution in [0.25, 0.3) is 0 Å². The molecule has 0 aromatic carbocycles. The number of carboxylic acid groups (broad SMARTS) is 1. The molecule has 1 aliphatic carbocycles. The van der Waals surface area contributed by atoms with Gasteiger partial charge in [0.05, 0.1) is 24.0 Å². The van der Waals surface area contributed by atoms with E-state index in [-0.39, 0.29) is 24.0 Å². The average Bonchev–Trinajstić information content (AvgIpc) is 2.87. The van der Waals surface area contributed by atoms with Crippen LogP contribution in [0.4, 0.5) is 0 Å². The summed E-state index contributed by atoms with van der Waals surface area (Å²) in [5.74, 6) is -1.83. The van der Waals surface area contributed by atoms with E-state index in [1.54, 1.807) is 0 Å². The van der Waals surface area contributed by atoms with Crippen molar-refractivity contribution < 1.29 is 19.4 Å². The SMILES string of the molecule is CC1OCCC1NC(=O)[C@@H]1CCC[C@@H]1C(=O)O. The molecule has 0 aromatic heterocycles. The summed E-state index contributed by atoms with van der Waals surface area (Å²) in [7, 11) is 0. The Morgan fingerprint density at radius 2 is 1.94 bits per heavy atom. The topological polar surface area (TPSA) is 75.6 Å². The largest absolute Gasteiger partial charge is 0.481 e. The van der Waals surface area contributed by atoms with Gasteiger partial charge >= 0.3 is 5.97 Å². The molecular formula is C12H19NO4. The Morgan fingerprint density at radius 3 is 2.53 bits per heavy atom. The lowest BCUT2D eigenvalue weighted by atomic mass is 9.95. The van der Waals surface area contributed by atoms with Crippen molar-refractivity contribution in [3.05, 3.63) is 0 Å². The molecule has 2 fully saturated rings. The van der Waals surface area contributed by atoms with Crippen LogP contribution in [0.5, 0.6) is 0 Å². The number of ether oxygens (including phenoxy) is 1. The van der Waals surface area contributed by atoms with Crippen LogP contribution in [0, 0.1) is 11.8 Å². The minimum atomic E-state index is -0.849. The number of hydrogen-bond donors (Lipinski definition) is 2. The van der Waals surface area contributed by atoms with Crippen molar-refractivity contribution in [3.63, 3.8) is 0 Å². The van der Waals surface area contributed by atoms with Gasteiger partial charge in [-0.1, -0.05) is 6.42 Å². The lowest BCUT2D eigenvalue weighted by Crippen LogP contribution is -2.44. The Morgan fingerprint density at radius 1 is 1.24 bits per heavy atom. The van der Waals surface area contributed by atoms with E-state index < -0.39 is 11.9 Å². The second-order valence-corrected chi connectivity index (χ2v) is 4.96. The smallest absolute Gasteiger partial charge is 0.307 e. The molecule has 0 bridgehead atoms. The predicted molar refractivity (Wildman–Crippen MR) is 60.4 cm³/mol. The summed E-state index contributed by atoms with van der Waals surface area (Å²) in [5, 5.41) is 12.0. The first-order valence-corrected chi connectivity index (χ1v) is 6.24. The third kappa shape index (κ3) is 2.60. The lowest BCUT2D eigenvalue weighted by Gasteiger charge is -2.21. The second kappa shape index (κ2) is 5.04. The molecular weight excluding hydrogens is 222 g/mol. The molecule has 1 aliphatic heterocycles. The van der Waals surface area contributed by atoms with Gasteiger partial charge in [0.2, 0.25) is 5.91 Å². The molecule has 17 heavy (non-hydrogen) atoms. The van der Waals surface area contributed by atoms with Gasteiger partial charge in [0.15, 0.2) is 0 Å². The van der Waals surface area contributed by atoms with E-state index in [2.05, 4.69) is 5.32 Å². The second-order valence-electron chi connectivity index (χ2n) is 4.96. The van der Waals surface area contributed by atoms with Crippen LogP contribution in [0.2, 0.25) is 0 Å². The van der Waals surface area contributed by atoms with Crippen molar-refractivity contribution in [1.82, 2.24) is 5.32 Å². The standard InChI is InChI=1S/C12H19NO4/c1-7-10(5-6-17-7)13-11(14)8-3-2-4-9(8)12(15)16/h7-10H,2-6H2,1H3,(H,13,14)(H,15,16)/t7?,8-,9+,10?/m1/s1. The van der Waals surface area contributed by atoms with Crippen LogP contribution in [0.15, 0.2) is 0 Å². The Labute approximate surface area is 101 Å². The first kappa shape index (κ1) is 12.4. The zero-order valence-electron chi connectivity index (χ0n) is 10.0. The molecule has 0 aromatic rings. The monoisotopic (exact) mass is 241 g/mol. The van der Waals surface area contributed by atoms with Crippen molar-refractivity contribution in [3.8, 4) is 0 Å². The van der Waals surface area contributed by atoms with Crippen LogP contribution in [-0.2, 0) is 14.3 Å². The van der Waals surface area contributed by atoms with Crippen LogP contribution in [0.1, 0.15) is 32.6 Å². The Kier molecular flexibility index (Phi) is 3.66. The van der Waals surface area contributed by atoms with Gasteiger partial charge in [-0.3, -0.25) is 9.59 Å².